The minimum Gasteiger partial charge on any atom is -0.497 e. The van der Waals surface area contributed by atoms with Crippen LogP contribution in [0.2, 0.25) is 0 Å². The van der Waals surface area contributed by atoms with E-state index in [1.807, 2.05) is 25.1 Å². The first kappa shape index (κ1) is 18.2. The number of sulfonamides is 1. The van der Waals surface area contributed by atoms with Gasteiger partial charge in [0.1, 0.15) is 17.0 Å². The van der Waals surface area contributed by atoms with Crippen LogP contribution in [0.25, 0.3) is 10.9 Å². The third kappa shape index (κ3) is 3.79. The van der Waals surface area contributed by atoms with Crippen LogP contribution >= 0.6 is 0 Å². The summed E-state index contributed by atoms with van der Waals surface area (Å²) in [6.07, 6.45) is 1.62. The number of ether oxygens (including phenoxy) is 2. The molecule has 2 aromatic carbocycles. The minimum atomic E-state index is -3.72. The average Bonchev–Trinajstić information content (AvgIpc) is 2.67. The van der Waals surface area contributed by atoms with Crippen LogP contribution in [0.1, 0.15) is 12.5 Å². The Hall–Kier alpha value is -2.64. The van der Waals surface area contributed by atoms with Crippen LogP contribution in [-0.4, -0.2) is 27.1 Å². The van der Waals surface area contributed by atoms with E-state index in [1.54, 1.807) is 43.6 Å². The highest BCUT2D eigenvalue weighted by atomic mass is 32.2. The maximum atomic E-state index is 12.8. The van der Waals surface area contributed by atoms with Crippen molar-refractivity contribution in [3.05, 3.63) is 60.3 Å². The lowest BCUT2D eigenvalue weighted by Gasteiger charge is -2.12. The molecule has 0 aliphatic rings. The van der Waals surface area contributed by atoms with Gasteiger partial charge in [-0.15, -0.1) is 0 Å². The summed E-state index contributed by atoms with van der Waals surface area (Å²) in [5, 5.41) is 0.525. The number of nitrogens with zero attached hydrogens (tertiary/aromatic N) is 1. The van der Waals surface area contributed by atoms with Gasteiger partial charge in [-0.05, 0) is 48.9 Å². The number of rotatable bonds is 7. The molecule has 0 aliphatic carbocycles. The minimum absolute atomic E-state index is 0.161. The highest BCUT2D eigenvalue weighted by Gasteiger charge is 2.19. The Morgan fingerprint density at radius 3 is 2.73 bits per heavy atom. The molecule has 0 aliphatic heterocycles. The third-order valence-electron chi connectivity index (χ3n) is 3.88. The molecule has 1 aromatic heterocycles. The van der Waals surface area contributed by atoms with Crippen molar-refractivity contribution in [2.75, 3.05) is 13.7 Å². The van der Waals surface area contributed by atoms with Crippen molar-refractivity contribution in [3.63, 3.8) is 0 Å². The van der Waals surface area contributed by atoms with Crippen molar-refractivity contribution in [2.45, 2.75) is 18.4 Å². The first-order chi connectivity index (χ1) is 12.5. The van der Waals surface area contributed by atoms with E-state index in [-0.39, 0.29) is 11.4 Å². The van der Waals surface area contributed by atoms with Crippen molar-refractivity contribution in [1.82, 2.24) is 9.71 Å². The van der Waals surface area contributed by atoms with E-state index >= 15 is 0 Å². The molecule has 7 heteroatoms. The fraction of sp³-hybridized carbons (Fsp3) is 0.211. The van der Waals surface area contributed by atoms with Crippen molar-refractivity contribution in [1.29, 1.82) is 0 Å². The van der Waals surface area contributed by atoms with Crippen LogP contribution in [0.15, 0.2) is 59.6 Å². The lowest BCUT2D eigenvalue weighted by atomic mass is 10.2. The smallest absolute Gasteiger partial charge is 0.241 e. The molecule has 0 bridgehead atoms. The topological polar surface area (TPSA) is 77.5 Å². The van der Waals surface area contributed by atoms with Crippen molar-refractivity contribution < 1.29 is 17.9 Å². The molecule has 0 fully saturated rings. The molecule has 1 N–H and O–H groups in total. The van der Waals surface area contributed by atoms with Gasteiger partial charge in [-0.25, -0.2) is 13.1 Å². The summed E-state index contributed by atoms with van der Waals surface area (Å²) >= 11 is 0. The van der Waals surface area contributed by atoms with E-state index < -0.39 is 10.0 Å². The Morgan fingerprint density at radius 1 is 1.12 bits per heavy atom. The molecule has 3 rings (SSSR count). The second kappa shape index (κ2) is 7.72. The summed E-state index contributed by atoms with van der Waals surface area (Å²) in [4.78, 5) is 4.45. The average molecular weight is 372 g/mol. The summed E-state index contributed by atoms with van der Waals surface area (Å²) in [5.41, 5.74) is 1.33. The first-order valence-electron chi connectivity index (χ1n) is 8.18. The number of aromatic nitrogens is 1. The SMILES string of the molecule is CCOc1ccc(S(=O)(=O)NCc2cccc(OC)c2)c2cccnc12. The summed E-state index contributed by atoms with van der Waals surface area (Å²) < 4.78 is 39.0. The van der Waals surface area contributed by atoms with E-state index in [0.717, 1.165) is 5.56 Å². The van der Waals surface area contributed by atoms with Gasteiger partial charge < -0.3 is 9.47 Å². The van der Waals surface area contributed by atoms with Gasteiger partial charge in [-0.2, -0.15) is 0 Å². The Morgan fingerprint density at radius 2 is 1.96 bits per heavy atom. The summed E-state index contributed by atoms with van der Waals surface area (Å²) in [6, 6.07) is 13.9. The highest BCUT2D eigenvalue weighted by molar-refractivity contribution is 7.89. The molecule has 0 saturated carbocycles. The van der Waals surface area contributed by atoms with Gasteiger partial charge in [0.15, 0.2) is 0 Å². The van der Waals surface area contributed by atoms with Gasteiger partial charge in [0.05, 0.1) is 18.6 Å². The highest BCUT2D eigenvalue weighted by Crippen LogP contribution is 2.29. The predicted octanol–water partition coefficient (Wildman–Crippen LogP) is 3.12. The van der Waals surface area contributed by atoms with E-state index in [9.17, 15) is 8.42 Å². The normalized spacial score (nSPS) is 11.5. The molecule has 0 unspecified atom stereocenters. The van der Waals surface area contributed by atoms with Gasteiger partial charge in [0, 0.05) is 18.1 Å². The van der Waals surface area contributed by atoms with Gasteiger partial charge in [0.2, 0.25) is 10.0 Å². The summed E-state index contributed by atoms with van der Waals surface area (Å²) in [5.74, 6) is 1.24. The van der Waals surface area contributed by atoms with Gasteiger partial charge in [0.25, 0.3) is 0 Å². The monoisotopic (exact) mass is 372 g/mol. The van der Waals surface area contributed by atoms with Gasteiger partial charge >= 0.3 is 0 Å². The number of fused-ring (bicyclic) bond motifs is 1. The Bertz CT molecular complexity index is 1020. The largest absolute Gasteiger partial charge is 0.497 e. The van der Waals surface area contributed by atoms with Crippen LogP contribution in [0.5, 0.6) is 11.5 Å². The molecule has 0 atom stereocenters. The second-order valence-electron chi connectivity index (χ2n) is 5.57. The van der Waals surface area contributed by atoms with Gasteiger partial charge in [-0.3, -0.25) is 4.98 Å². The van der Waals surface area contributed by atoms with E-state index in [0.29, 0.717) is 29.0 Å². The molecule has 26 heavy (non-hydrogen) atoms. The first-order valence-corrected chi connectivity index (χ1v) is 9.66. The third-order valence-corrected chi connectivity index (χ3v) is 5.34. The van der Waals surface area contributed by atoms with E-state index in [2.05, 4.69) is 9.71 Å². The number of nitrogens with one attached hydrogen (secondary N) is 1. The van der Waals surface area contributed by atoms with Crippen LogP contribution in [0, 0.1) is 0 Å². The molecule has 1 heterocycles. The fourth-order valence-corrected chi connectivity index (χ4v) is 3.88. The van der Waals surface area contributed by atoms with Crippen LogP contribution in [-0.2, 0) is 16.6 Å². The molecular weight excluding hydrogens is 352 g/mol. The van der Waals surface area contributed by atoms with Crippen LogP contribution in [0.4, 0.5) is 0 Å². The molecule has 0 saturated heterocycles. The van der Waals surface area contributed by atoms with Crippen LogP contribution < -0.4 is 14.2 Å². The molecule has 136 valence electrons. The Balaban J connectivity index is 1.93. The zero-order valence-corrected chi connectivity index (χ0v) is 15.4. The number of hydrogen-bond acceptors (Lipinski definition) is 5. The zero-order valence-electron chi connectivity index (χ0n) is 14.6. The second-order valence-corrected chi connectivity index (χ2v) is 7.31. The quantitative estimate of drug-likeness (QED) is 0.689. The molecule has 0 radical (unpaired) electrons. The number of benzene rings is 2. The molecule has 0 spiro atoms. The summed E-state index contributed by atoms with van der Waals surface area (Å²) in [6.45, 7) is 2.51. The maximum Gasteiger partial charge on any atom is 0.241 e. The Kier molecular flexibility index (Phi) is 5.39. The molecule has 6 nitrogen and oxygen atoms in total. The zero-order chi connectivity index (χ0) is 18.6. The van der Waals surface area contributed by atoms with E-state index in [4.69, 9.17) is 9.47 Å². The number of methoxy groups -OCH3 is 1. The molecule has 0 amide bonds. The van der Waals surface area contributed by atoms with Crippen molar-refractivity contribution in [3.8, 4) is 11.5 Å². The van der Waals surface area contributed by atoms with Crippen molar-refractivity contribution in [2.24, 2.45) is 0 Å². The predicted molar refractivity (Wildman–Crippen MR) is 99.9 cm³/mol. The molecular formula is C19H20N2O4S. The Labute approximate surface area is 152 Å². The lowest BCUT2D eigenvalue weighted by molar-refractivity contribution is 0.343. The van der Waals surface area contributed by atoms with Gasteiger partial charge in [-0.1, -0.05) is 12.1 Å². The maximum absolute atomic E-state index is 12.8. The standard InChI is InChI=1S/C19H20N2O4S/c1-3-25-17-9-10-18(16-8-5-11-20-19(16)17)26(22,23)21-13-14-6-4-7-15(12-14)24-2/h4-12,21H,3,13H2,1-2H3. The van der Waals surface area contributed by atoms with Crippen LogP contribution in [0.3, 0.4) is 0 Å². The lowest BCUT2D eigenvalue weighted by Crippen LogP contribution is -2.23. The number of hydrogen-bond donors (Lipinski definition) is 1. The molecule has 3 aromatic rings. The van der Waals surface area contributed by atoms with E-state index in [1.165, 1.54) is 0 Å². The summed E-state index contributed by atoms with van der Waals surface area (Å²) in [7, 11) is -2.15. The van der Waals surface area contributed by atoms with Crippen molar-refractivity contribution >= 4 is 20.9 Å². The number of pyridine rings is 1. The fourth-order valence-electron chi connectivity index (χ4n) is 2.67.